The molecule has 0 bridgehead atoms. The SMILES string of the molecule is CC(C)(C)OC(=O)N[C@@H](Cc1ccccc1)[C@H]1C[C@@H](Cc2ccc(CCc3ccccc3)cc2)OC1=O. The van der Waals surface area contributed by atoms with Gasteiger partial charge in [-0.15, -0.1) is 0 Å². The van der Waals surface area contributed by atoms with Gasteiger partial charge in [-0.1, -0.05) is 84.9 Å². The third-order valence-electron chi connectivity index (χ3n) is 6.62. The van der Waals surface area contributed by atoms with E-state index in [9.17, 15) is 9.59 Å². The molecule has 3 aromatic carbocycles. The van der Waals surface area contributed by atoms with Gasteiger partial charge in [-0.2, -0.15) is 0 Å². The molecule has 1 amide bonds. The van der Waals surface area contributed by atoms with Crippen LogP contribution in [0.3, 0.4) is 0 Å². The van der Waals surface area contributed by atoms with E-state index in [1.807, 2.05) is 57.2 Å². The van der Waals surface area contributed by atoms with Crippen LogP contribution in [0.1, 0.15) is 49.4 Å². The topological polar surface area (TPSA) is 64.6 Å². The van der Waals surface area contributed by atoms with Crippen LogP contribution in [0, 0.1) is 5.92 Å². The highest BCUT2D eigenvalue weighted by molar-refractivity contribution is 5.77. The Labute approximate surface area is 220 Å². The predicted molar refractivity (Wildman–Crippen MR) is 145 cm³/mol. The van der Waals surface area contributed by atoms with Crippen molar-refractivity contribution in [3.8, 4) is 0 Å². The number of hydrogen-bond donors (Lipinski definition) is 1. The van der Waals surface area contributed by atoms with Crippen molar-refractivity contribution in [1.29, 1.82) is 0 Å². The number of esters is 1. The molecular formula is C32H37NO4. The minimum absolute atomic E-state index is 0.216. The molecule has 1 saturated heterocycles. The largest absolute Gasteiger partial charge is 0.462 e. The smallest absolute Gasteiger partial charge is 0.407 e. The molecule has 194 valence electrons. The lowest BCUT2D eigenvalue weighted by atomic mass is 9.89. The fraction of sp³-hybridized carbons (Fsp3) is 0.375. The molecule has 0 saturated carbocycles. The molecule has 3 aromatic rings. The van der Waals surface area contributed by atoms with E-state index in [1.54, 1.807) is 0 Å². The quantitative estimate of drug-likeness (QED) is 0.362. The summed E-state index contributed by atoms with van der Waals surface area (Å²) in [6, 6.07) is 28.5. The summed E-state index contributed by atoms with van der Waals surface area (Å²) in [5.74, 6) is -0.690. The first-order valence-corrected chi connectivity index (χ1v) is 13.1. The van der Waals surface area contributed by atoms with Gasteiger partial charge in [0.05, 0.1) is 5.92 Å². The van der Waals surface area contributed by atoms with E-state index >= 15 is 0 Å². The van der Waals surface area contributed by atoms with Gasteiger partial charge in [-0.3, -0.25) is 4.79 Å². The molecule has 1 aliphatic heterocycles. The van der Waals surface area contributed by atoms with E-state index in [-0.39, 0.29) is 12.1 Å². The van der Waals surface area contributed by atoms with Gasteiger partial charge in [0.1, 0.15) is 11.7 Å². The zero-order valence-electron chi connectivity index (χ0n) is 22.0. The number of ether oxygens (including phenoxy) is 2. The second kappa shape index (κ2) is 12.1. The number of rotatable bonds is 9. The van der Waals surface area contributed by atoms with Crippen LogP contribution in [0.4, 0.5) is 4.79 Å². The normalized spacial score (nSPS) is 18.2. The lowest BCUT2D eigenvalue weighted by Crippen LogP contribution is -2.45. The van der Waals surface area contributed by atoms with E-state index in [1.165, 1.54) is 11.1 Å². The Hall–Kier alpha value is -3.60. The molecule has 0 spiro atoms. The number of aryl methyl sites for hydroxylation is 2. The number of cyclic esters (lactones) is 1. The molecular weight excluding hydrogens is 462 g/mol. The van der Waals surface area contributed by atoms with Crippen LogP contribution in [0.25, 0.3) is 0 Å². The van der Waals surface area contributed by atoms with Crippen molar-refractivity contribution in [3.63, 3.8) is 0 Å². The van der Waals surface area contributed by atoms with Gasteiger partial charge in [-0.25, -0.2) is 4.79 Å². The third-order valence-corrected chi connectivity index (χ3v) is 6.62. The van der Waals surface area contributed by atoms with Crippen molar-refractivity contribution in [1.82, 2.24) is 5.32 Å². The maximum absolute atomic E-state index is 12.9. The average molecular weight is 500 g/mol. The van der Waals surface area contributed by atoms with Gasteiger partial charge in [0.25, 0.3) is 0 Å². The Kier molecular flexibility index (Phi) is 8.65. The summed E-state index contributed by atoms with van der Waals surface area (Å²) in [6.45, 7) is 5.47. The number of carbonyl (C=O) groups excluding carboxylic acids is 2. The maximum Gasteiger partial charge on any atom is 0.407 e. The van der Waals surface area contributed by atoms with E-state index in [0.717, 1.165) is 24.0 Å². The Balaban J connectivity index is 1.37. The fourth-order valence-electron chi connectivity index (χ4n) is 4.79. The Morgan fingerprint density at radius 2 is 1.41 bits per heavy atom. The van der Waals surface area contributed by atoms with Crippen LogP contribution in [0.5, 0.6) is 0 Å². The van der Waals surface area contributed by atoms with Gasteiger partial charge in [0, 0.05) is 12.5 Å². The van der Waals surface area contributed by atoms with Crippen molar-refractivity contribution >= 4 is 12.1 Å². The summed E-state index contributed by atoms with van der Waals surface area (Å²) >= 11 is 0. The van der Waals surface area contributed by atoms with Gasteiger partial charge >= 0.3 is 12.1 Å². The second-order valence-electron chi connectivity index (χ2n) is 10.8. The maximum atomic E-state index is 12.9. The molecule has 1 heterocycles. The molecule has 0 unspecified atom stereocenters. The number of alkyl carbamates (subject to hydrolysis) is 1. The highest BCUT2D eigenvalue weighted by Crippen LogP contribution is 2.29. The monoisotopic (exact) mass is 499 g/mol. The van der Waals surface area contributed by atoms with Crippen LogP contribution in [0.2, 0.25) is 0 Å². The van der Waals surface area contributed by atoms with Crippen molar-refractivity contribution in [2.75, 3.05) is 0 Å². The van der Waals surface area contributed by atoms with E-state index in [2.05, 4.69) is 53.8 Å². The summed E-state index contributed by atoms with van der Waals surface area (Å²) in [5, 5.41) is 2.95. The van der Waals surface area contributed by atoms with Crippen molar-refractivity contribution in [2.24, 2.45) is 5.92 Å². The molecule has 0 aromatic heterocycles. The van der Waals surface area contributed by atoms with E-state index in [4.69, 9.17) is 9.47 Å². The van der Waals surface area contributed by atoms with Crippen LogP contribution >= 0.6 is 0 Å². The number of benzene rings is 3. The summed E-state index contributed by atoms with van der Waals surface area (Å²) in [7, 11) is 0. The molecule has 5 nitrogen and oxygen atoms in total. The molecule has 0 radical (unpaired) electrons. The molecule has 0 aliphatic carbocycles. The number of amides is 1. The highest BCUT2D eigenvalue weighted by Gasteiger charge is 2.41. The van der Waals surface area contributed by atoms with Gasteiger partial charge in [0.2, 0.25) is 0 Å². The molecule has 4 rings (SSSR count). The van der Waals surface area contributed by atoms with Crippen LogP contribution in [-0.4, -0.2) is 29.8 Å². The molecule has 3 atom stereocenters. The minimum atomic E-state index is -0.618. The number of hydrogen-bond acceptors (Lipinski definition) is 4. The number of carbonyl (C=O) groups is 2. The second-order valence-corrected chi connectivity index (χ2v) is 10.8. The van der Waals surface area contributed by atoms with E-state index < -0.39 is 23.7 Å². The van der Waals surface area contributed by atoms with Gasteiger partial charge < -0.3 is 14.8 Å². The first kappa shape index (κ1) is 26.5. The van der Waals surface area contributed by atoms with Crippen molar-refractivity contribution < 1.29 is 19.1 Å². The molecule has 5 heteroatoms. The van der Waals surface area contributed by atoms with Gasteiger partial charge in [-0.05, 0) is 68.7 Å². The van der Waals surface area contributed by atoms with Crippen molar-refractivity contribution in [3.05, 3.63) is 107 Å². The zero-order valence-corrected chi connectivity index (χ0v) is 22.0. The molecule has 1 fully saturated rings. The van der Waals surface area contributed by atoms with Gasteiger partial charge in [0.15, 0.2) is 0 Å². The highest BCUT2D eigenvalue weighted by atomic mass is 16.6. The fourth-order valence-corrected chi connectivity index (χ4v) is 4.79. The lowest BCUT2D eigenvalue weighted by molar-refractivity contribution is -0.144. The zero-order chi connectivity index (χ0) is 26.3. The minimum Gasteiger partial charge on any atom is -0.462 e. The van der Waals surface area contributed by atoms with Crippen molar-refractivity contribution in [2.45, 2.75) is 70.6 Å². The summed E-state index contributed by atoms with van der Waals surface area (Å²) in [6.07, 6.45) is 3.01. The van der Waals surface area contributed by atoms with Crippen LogP contribution in [-0.2, 0) is 40.0 Å². The standard InChI is InChI=1S/C32H37NO4/c1-32(2,3)37-31(35)33-29(21-25-12-8-5-9-13-25)28-22-27(36-30(28)34)20-26-18-16-24(17-19-26)15-14-23-10-6-4-7-11-23/h4-13,16-19,27-29H,14-15,20-22H2,1-3H3,(H,33,35)/t27-,28-,29+/m1/s1. The Morgan fingerprint density at radius 3 is 2.00 bits per heavy atom. The Morgan fingerprint density at radius 1 is 0.865 bits per heavy atom. The molecule has 1 aliphatic rings. The van der Waals surface area contributed by atoms with Crippen LogP contribution < -0.4 is 5.32 Å². The third kappa shape index (κ3) is 8.21. The summed E-state index contributed by atoms with van der Waals surface area (Å²) < 4.78 is 11.3. The molecule has 37 heavy (non-hydrogen) atoms. The lowest BCUT2D eigenvalue weighted by Gasteiger charge is -2.26. The molecule has 1 N–H and O–H groups in total. The van der Waals surface area contributed by atoms with Crippen LogP contribution in [0.15, 0.2) is 84.9 Å². The first-order chi connectivity index (χ1) is 17.7. The number of nitrogens with one attached hydrogen (secondary N) is 1. The average Bonchev–Trinajstić information content (AvgIpc) is 3.23. The summed E-state index contributed by atoms with van der Waals surface area (Å²) in [5.41, 5.74) is 4.19. The predicted octanol–water partition coefficient (Wildman–Crippen LogP) is 6.08. The van der Waals surface area contributed by atoms with E-state index in [0.29, 0.717) is 19.3 Å². The first-order valence-electron chi connectivity index (χ1n) is 13.1. The summed E-state index contributed by atoms with van der Waals surface area (Å²) in [4.78, 5) is 25.5. The Bertz CT molecular complexity index is 1150.